The topological polar surface area (TPSA) is 54.3 Å². The summed E-state index contributed by atoms with van der Waals surface area (Å²) in [5.41, 5.74) is 0.752. The van der Waals surface area contributed by atoms with Gasteiger partial charge in [0.05, 0.1) is 0 Å². The molecule has 2 fully saturated rings. The van der Waals surface area contributed by atoms with Gasteiger partial charge >= 0.3 is 0 Å². The zero-order chi connectivity index (χ0) is 15.1. The number of amides is 1. The second-order valence-electron chi connectivity index (χ2n) is 6.03. The Morgan fingerprint density at radius 3 is 2.68 bits per heavy atom. The fourth-order valence-corrected chi connectivity index (χ4v) is 3.45. The number of carbonyl (C=O) groups is 1. The number of hydrogen-bond acceptors (Lipinski definition) is 3. The van der Waals surface area contributed by atoms with Crippen molar-refractivity contribution in [3.05, 3.63) is 48.0 Å². The molecule has 2 aliphatic rings. The number of benzene rings is 1. The molecule has 0 spiro atoms. The summed E-state index contributed by atoms with van der Waals surface area (Å²) in [5.74, 6) is 0.378. The molecule has 5 heteroatoms. The minimum absolute atomic E-state index is 0.186. The predicted molar refractivity (Wildman–Crippen MR) is 79.9 cm³/mol. The van der Waals surface area contributed by atoms with Crippen LogP contribution in [-0.4, -0.2) is 24.0 Å². The Bertz CT molecular complexity index is 695. The first-order valence-corrected chi connectivity index (χ1v) is 7.62. The van der Waals surface area contributed by atoms with Gasteiger partial charge in [-0.15, -0.1) is 0 Å². The maximum atomic E-state index is 12.9. The quantitative estimate of drug-likeness (QED) is 0.916. The van der Waals surface area contributed by atoms with Crippen molar-refractivity contribution in [2.75, 3.05) is 0 Å². The second kappa shape index (κ2) is 5.25. The van der Waals surface area contributed by atoms with Gasteiger partial charge in [0.25, 0.3) is 5.91 Å². The van der Waals surface area contributed by atoms with Crippen molar-refractivity contribution in [2.24, 2.45) is 0 Å². The van der Waals surface area contributed by atoms with Gasteiger partial charge in [0.2, 0.25) is 0 Å². The Morgan fingerprint density at radius 2 is 2.00 bits per heavy atom. The van der Waals surface area contributed by atoms with Gasteiger partial charge < -0.3 is 15.1 Å². The van der Waals surface area contributed by atoms with Gasteiger partial charge in [0.1, 0.15) is 11.6 Å². The largest absolute Gasteiger partial charge is 0.451 e. The Morgan fingerprint density at radius 1 is 1.18 bits per heavy atom. The molecule has 4 rings (SSSR count). The normalized spacial score (nSPS) is 26.3. The maximum absolute atomic E-state index is 12.9. The van der Waals surface area contributed by atoms with Crippen LogP contribution < -0.4 is 10.6 Å². The SMILES string of the molecule is O=C(N[C@@H]1C[C@H]2CC[C@@H]1N2)c1ccc(-c2ccc(F)cc2)o1. The van der Waals surface area contributed by atoms with Crippen LogP contribution in [0.25, 0.3) is 11.3 Å². The van der Waals surface area contributed by atoms with E-state index >= 15 is 0 Å². The number of fused-ring (bicyclic) bond motifs is 2. The molecule has 2 bridgehead atoms. The molecule has 0 saturated carbocycles. The van der Waals surface area contributed by atoms with Gasteiger partial charge in [0, 0.05) is 23.7 Å². The van der Waals surface area contributed by atoms with Crippen LogP contribution >= 0.6 is 0 Å². The molecule has 3 heterocycles. The minimum atomic E-state index is -0.294. The zero-order valence-corrected chi connectivity index (χ0v) is 12.0. The highest BCUT2D eigenvalue weighted by Crippen LogP contribution is 2.29. The smallest absolute Gasteiger partial charge is 0.287 e. The first-order chi connectivity index (χ1) is 10.7. The fourth-order valence-electron chi connectivity index (χ4n) is 3.45. The number of furan rings is 1. The van der Waals surface area contributed by atoms with Gasteiger partial charge in [-0.05, 0) is 55.7 Å². The van der Waals surface area contributed by atoms with Crippen molar-refractivity contribution in [1.82, 2.24) is 10.6 Å². The van der Waals surface area contributed by atoms with Crippen LogP contribution in [0.1, 0.15) is 29.8 Å². The van der Waals surface area contributed by atoms with E-state index in [1.54, 1.807) is 24.3 Å². The van der Waals surface area contributed by atoms with Gasteiger partial charge in [-0.1, -0.05) is 0 Å². The third kappa shape index (κ3) is 2.41. The minimum Gasteiger partial charge on any atom is -0.451 e. The van der Waals surface area contributed by atoms with E-state index in [0.29, 0.717) is 23.6 Å². The molecular formula is C17H17FN2O2. The average Bonchev–Trinajstić information content (AvgIpc) is 3.24. The maximum Gasteiger partial charge on any atom is 0.287 e. The van der Waals surface area contributed by atoms with E-state index in [1.807, 2.05) is 0 Å². The number of nitrogens with one attached hydrogen (secondary N) is 2. The summed E-state index contributed by atoms with van der Waals surface area (Å²) in [6.07, 6.45) is 3.31. The molecule has 1 aromatic heterocycles. The summed E-state index contributed by atoms with van der Waals surface area (Å²) in [6.45, 7) is 0. The highest BCUT2D eigenvalue weighted by atomic mass is 19.1. The van der Waals surface area contributed by atoms with Crippen LogP contribution in [0.3, 0.4) is 0 Å². The second-order valence-corrected chi connectivity index (χ2v) is 6.03. The van der Waals surface area contributed by atoms with Gasteiger partial charge in [-0.3, -0.25) is 4.79 Å². The number of halogens is 1. The van der Waals surface area contributed by atoms with E-state index in [-0.39, 0.29) is 17.8 Å². The van der Waals surface area contributed by atoms with E-state index in [1.165, 1.54) is 18.6 Å². The van der Waals surface area contributed by atoms with Crippen LogP contribution in [0, 0.1) is 5.82 Å². The van der Waals surface area contributed by atoms with E-state index < -0.39 is 0 Å². The molecule has 0 unspecified atom stereocenters. The van der Waals surface area contributed by atoms with Crippen molar-refractivity contribution in [2.45, 2.75) is 37.4 Å². The third-order valence-corrected chi connectivity index (χ3v) is 4.58. The molecule has 1 aromatic carbocycles. The molecule has 114 valence electrons. The standard InChI is InChI=1S/C17H17FN2O2/c18-11-3-1-10(2-4-11)15-7-8-16(22-15)17(21)20-14-9-12-5-6-13(14)19-12/h1-4,7-8,12-14,19H,5-6,9H2,(H,20,21)/t12-,13+,14-/m1/s1. The molecule has 3 atom stereocenters. The van der Waals surface area contributed by atoms with E-state index in [4.69, 9.17) is 4.42 Å². The Labute approximate surface area is 127 Å². The van der Waals surface area contributed by atoms with Gasteiger partial charge in [-0.25, -0.2) is 4.39 Å². The number of carbonyl (C=O) groups excluding carboxylic acids is 1. The molecule has 2 aliphatic heterocycles. The monoisotopic (exact) mass is 300 g/mol. The lowest BCUT2D eigenvalue weighted by atomic mass is 9.95. The van der Waals surface area contributed by atoms with Gasteiger partial charge in [-0.2, -0.15) is 0 Å². The summed E-state index contributed by atoms with van der Waals surface area (Å²) in [4.78, 5) is 12.3. The lowest BCUT2D eigenvalue weighted by molar-refractivity contribution is 0.0903. The van der Waals surface area contributed by atoms with Crippen molar-refractivity contribution in [3.8, 4) is 11.3 Å². The fraction of sp³-hybridized carbons (Fsp3) is 0.353. The van der Waals surface area contributed by atoms with Crippen molar-refractivity contribution in [3.63, 3.8) is 0 Å². The number of hydrogen-bond donors (Lipinski definition) is 2. The van der Waals surface area contributed by atoms with Gasteiger partial charge in [0.15, 0.2) is 5.76 Å². The third-order valence-electron chi connectivity index (χ3n) is 4.58. The Hall–Kier alpha value is -2.14. The molecule has 2 saturated heterocycles. The molecular weight excluding hydrogens is 283 g/mol. The highest BCUT2D eigenvalue weighted by molar-refractivity contribution is 5.92. The first-order valence-electron chi connectivity index (χ1n) is 7.62. The van der Waals surface area contributed by atoms with Crippen LogP contribution in [-0.2, 0) is 0 Å². The summed E-state index contributed by atoms with van der Waals surface area (Å²) in [6, 6.07) is 10.5. The summed E-state index contributed by atoms with van der Waals surface area (Å²) in [7, 11) is 0. The lowest BCUT2D eigenvalue weighted by Crippen LogP contribution is -2.42. The van der Waals surface area contributed by atoms with Crippen molar-refractivity contribution >= 4 is 5.91 Å². The van der Waals surface area contributed by atoms with Crippen LogP contribution in [0.2, 0.25) is 0 Å². The van der Waals surface area contributed by atoms with E-state index in [2.05, 4.69) is 10.6 Å². The highest BCUT2D eigenvalue weighted by Gasteiger charge is 2.39. The van der Waals surface area contributed by atoms with Crippen LogP contribution in [0.5, 0.6) is 0 Å². The first kappa shape index (κ1) is 13.5. The number of rotatable bonds is 3. The van der Waals surface area contributed by atoms with Crippen LogP contribution in [0.15, 0.2) is 40.8 Å². The van der Waals surface area contributed by atoms with Crippen LogP contribution in [0.4, 0.5) is 4.39 Å². The summed E-state index contributed by atoms with van der Waals surface area (Å²) >= 11 is 0. The average molecular weight is 300 g/mol. The van der Waals surface area contributed by atoms with Crippen molar-refractivity contribution < 1.29 is 13.6 Å². The van der Waals surface area contributed by atoms with E-state index in [9.17, 15) is 9.18 Å². The molecule has 0 aliphatic carbocycles. The summed E-state index contributed by atoms with van der Waals surface area (Å²) in [5, 5.41) is 6.54. The molecule has 0 radical (unpaired) electrons. The molecule has 22 heavy (non-hydrogen) atoms. The molecule has 2 aromatic rings. The van der Waals surface area contributed by atoms with E-state index in [0.717, 1.165) is 18.4 Å². The Balaban J connectivity index is 1.46. The predicted octanol–water partition coefficient (Wildman–Crippen LogP) is 2.71. The molecule has 4 nitrogen and oxygen atoms in total. The summed E-state index contributed by atoms with van der Waals surface area (Å²) < 4.78 is 18.5. The zero-order valence-electron chi connectivity index (χ0n) is 12.0. The molecule has 2 N–H and O–H groups in total. The van der Waals surface area contributed by atoms with Crippen molar-refractivity contribution in [1.29, 1.82) is 0 Å². The Kier molecular flexibility index (Phi) is 3.22. The lowest BCUT2D eigenvalue weighted by Gasteiger charge is -2.20. The molecule has 1 amide bonds.